The van der Waals surface area contributed by atoms with E-state index < -0.39 is 0 Å². The molecule has 0 aromatic rings. The van der Waals surface area contributed by atoms with Crippen molar-refractivity contribution in [3.8, 4) is 0 Å². The molecule has 2 unspecified atom stereocenters. The number of allylic oxidation sites excluding steroid dienone is 4. The number of hydrogen-bond acceptors (Lipinski definition) is 1. The van der Waals surface area contributed by atoms with Crippen molar-refractivity contribution >= 4 is 0 Å². The lowest BCUT2D eigenvalue weighted by atomic mass is 9.46. The Balaban J connectivity index is 1.49. The van der Waals surface area contributed by atoms with Crippen LogP contribution in [0.2, 0.25) is 0 Å². The molecule has 0 aliphatic heterocycles. The van der Waals surface area contributed by atoms with Crippen molar-refractivity contribution in [3.05, 3.63) is 23.8 Å². The minimum atomic E-state index is 0.304. The van der Waals surface area contributed by atoms with E-state index in [9.17, 15) is 5.11 Å². The Morgan fingerprint density at radius 2 is 1.90 bits per heavy atom. The third-order valence-electron chi connectivity index (χ3n) is 10.8. The zero-order chi connectivity index (χ0) is 21.5. The lowest BCUT2D eigenvalue weighted by Crippen LogP contribution is -2.50. The predicted octanol–water partition coefficient (Wildman–Crippen LogP) is 7.80. The van der Waals surface area contributed by atoms with Gasteiger partial charge in [-0.3, -0.25) is 0 Å². The van der Waals surface area contributed by atoms with Gasteiger partial charge in [-0.2, -0.15) is 0 Å². The molecular formula is C29H48O. The Hall–Kier alpha value is -0.560. The van der Waals surface area contributed by atoms with Gasteiger partial charge in [0.25, 0.3) is 0 Å². The molecule has 3 saturated carbocycles. The molecule has 9 atom stereocenters. The molecule has 30 heavy (non-hydrogen) atoms. The third kappa shape index (κ3) is 3.76. The van der Waals surface area contributed by atoms with Gasteiger partial charge in [0.1, 0.15) is 0 Å². The van der Waals surface area contributed by atoms with Crippen LogP contribution < -0.4 is 0 Å². The van der Waals surface area contributed by atoms with Gasteiger partial charge in [-0.1, -0.05) is 64.8 Å². The molecule has 0 heterocycles. The largest absolute Gasteiger partial charge is 0.396 e. The summed E-state index contributed by atoms with van der Waals surface area (Å²) >= 11 is 0. The summed E-state index contributed by atoms with van der Waals surface area (Å²) in [5.74, 6) is 5.68. The van der Waals surface area contributed by atoms with Gasteiger partial charge < -0.3 is 5.11 Å². The van der Waals surface area contributed by atoms with E-state index in [1.165, 1.54) is 57.8 Å². The minimum Gasteiger partial charge on any atom is -0.396 e. The Morgan fingerprint density at radius 1 is 1.10 bits per heavy atom. The van der Waals surface area contributed by atoms with Crippen molar-refractivity contribution in [2.45, 2.75) is 98.8 Å². The van der Waals surface area contributed by atoms with Crippen molar-refractivity contribution < 1.29 is 5.11 Å². The molecule has 4 aliphatic carbocycles. The first-order valence-electron chi connectivity index (χ1n) is 13.3. The summed E-state index contributed by atoms with van der Waals surface area (Å²) in [7, 11) is 0. The monoisotopic (exact) mass is 412 g/mol. The highest BCUT2D eigenvalue weighted by atomic mass is 16.3. The van der Waals surface area contributed by atoms with Gasteiger partial charge in [0, 0.05) is 6.61 Å². The molecule has 4 rings (SSSR count). The van der Waals surface area contributed by atoms with E-state index >= 15 is 0 Å². The van der Waals surface area contributed by atoms with Gasteiger partial charge in [0.15, 0.2) is 0 Å². The fourth-order valence-corrected chi connectivity index (χ4v) is 8.72. The highest BCUT2D eigenvalue weighted by Crippen LogP contribution is 2.67. The van der Waals surface area contributed by atoms with Crippen LogP contribution in [-0.2, 0) is 0 Å². The van der Waals surface area contributed by atoms with Crippen LogP contribution >= 0.6 is 0 Å². The second-order valence-electron chi connectivity index (χ2n) is 12.3. The smallest absolute Gasteiger partial charge is 0.0459 e. The van der Waals surface area contributed by atoms with Crippen molar-refractivity contribution in [1.82, 2.24) is 0 Å². The maximum atomic E-state index is 9.31. The highest BCUT2D eigenvalue weighted by Gasteiger charge is 2.58. The Kier molecular flexibility index (Phi) is 6.61. The van der Waals surface area contributed by atoms with E-state index in [0.717, 1.165) is 36.0 Å². The Bertz CT molecular complexity index is 661. The van der Waals surface area contributed by atoms with Crippen LogP contribution in [0.5, 0.6) is 0 Å². The molecule has 0 spiro atoms. The maximum Gasteiger partial charge on any atom is 0.0459 e. The number of aliphatic hydroxyl groups is 1. The first-order valence-corrected chi connectivity index (χ1v) is 13.3. The first kappa shape index (κ1) is 22.6. The number of rotatable bonds is 6. The summed E-state index contributed by atoms with van der Waals surface area (Å²) in [4.78, 5) is 0. The van der Waals surface area contributed by atoms with Crippen LogP contribution in [-0.4, -0.2) is 11.7 Å². The van der Waals surface area contributed by atoms with E-state index in [1.807, 2.05) is 5.57 Å². The van der Waals surface area contributed by atoms with Crippen LogP contribution in [0.15, 0.2) is 23.8 Å². The van der Waals surface area contributed by atoms with E-state index in [1.54, 1.807) is 0 Å². The van der Waals surface area contributed by atoms with Gasteiger partial charge >= 0.3 is 0 Å². The quantitative estimate of drug-likeness (QED) is 0.441. The molecule has 0 bridgehead atoms. The van der Waals surface area contributed by atoms with Crippen molar-refractivity contribution in [2.24, 2.45) is 52.3 Å². The highest BCUT2D eigenvalue weighted by molar-refractivity contribution is 5.25. The molecule has 1 N–H and O–H groups in total. The zero-order valence-electron chi connectivity index (χ0n) is 20.5. The normalized spacial score (nSPS) is 45.4. The lowest BCUT2D eigenvalue weighted by molar-refractivity contribution is -0.0492. The van der Waals surface area contributed by atoms with E-state index in [2.05, 4.69) is 52.8 Å². The molecule has 1 heteroatoms. The van der Waals surface area contributed by atoms with Crippen LogP contribution in [0.25, 0.3) is 0 Å². The third-order valence-corrected chi connectivity index (χ3v) is 10.8. The molecule has 0 aromatic carbocycles. The minimum absolute atomic E-state index is 0.304. The SMILES string of the molecule is CCC1CC[C@@]2(C)C(=CC[C@H]3[C@@H]4CC[C@H]([C@H](C)C=CCC(C)CO)[C@@]4(C)CC[C@@H]32)C1. The molecule has 170 valence electrons. The van der Waals surface area contributed by atoms with Gasteiger partial charge in [0.05, 0.1) is 0 Å². The van der Waals surface area contributed by atoms with E-state index in [-0.39, 0.29) is 0 Å². The van der Waals surface area contributed by atoms with Crippen LogP contribution in [0, 0.1) is 52.3 Å². The molecule has 0 aromatic heterocycles. The van der Waals surface area contributed by atoms with Crippen molar-refractivity contribution in [1.29, 1.82) is 0 Å². The van der Waals surface area contributed by atoms with E-state index in [4.69, 9.17) is 0 Å². The average Bonchev–Trinajstić information content (AvgIpc) is 3.10. The zero-order valence-corrected chi connectivity index (χ0v) is 20.5. The number of hydrogen-bond donors (Lipinski definition) is 1. The fourth-order valence-electron chi connectivity index (χ4n) is 8.72. The summed E-state index contributed by atoms with van der Waals surface area (Å²) in [6.45, 7) is 12.6. The molecule has 0 saturated heterocycles. The Labute approximate surface area is 186 Å². The first-order chi connectivity index (χ1) is 14.3. The topological polar surface area (TPSA) is 20.2 Å². The number of fused-ring (bicyclic) bond motifs is 5. The molecule has 1 nitrogen and oxygen atoms in total. The molecule has 3 fully saturated rings. The Morgan fingerprint density at radius 3 is 2.63 bits per heavy atom. The molecule has 4 aliphatic rings. The second kappa shape index (κ2) is 8.76. The van der Waals surface area contributed by atoms with Crippen molar-refractivity contribution in [3.63, 3.8) is 0 Å². The molecule has 0 radical (unpaired) electrons. The van der Waals surface area contributed by atoms with Gasteiger partial charge in [-0.15, -0.1) is 0 Å². The molecule has 0 amide bonds. The van der Waals surface area contributed by atoms with Crippen LogP contribution in [0.1, 0.15) is 98.8 Å². The van der Waals surface area contributed by atoms with Gasteiger partial charge in [0.2, 0.25) is 0 Å². The maximum absolute atomic E-state index is 9.31. The fraction of sp³-hybridized carbons (Fsp3) is 0.862. The average molecular weight is 413 g/mol. The number of aliphatic hydroxyl groups excluding tert-OH is 1. The summed E-state index contributed by atoms with van der Waals surface area (Å²) in [5, 5.41) is 9.31. The summed E-state index contributed by atoms with van der Waals surface area (Å²) in [6, 6.07) is 0. The van der Waals surface area contributed by atoms with Gasteiger partial charge in [-0.05, 0) is 110 Å². The van der Waals surface area contributed by atoms with E-state index in [0.29, 0.717) is 29.3 Å². The summed E-state index contributed by atoms with van der Waals surface area (Å²) < 4.78 is 0. The second-order valence-corrected chi connectivity index (χ2v) is 12.3. The van der Waals surface area contributed by atoms with Gasteiger partial charge in [-0.25, -0.2) is 0 Å². The standard InChI is InChI=1S/C29H48O/c1-6-22-14-16-28(4)23(18-22)10-11-24-26-13-12-25(29(26,5)17-15-27(24)28)21(3)9-7-8-20(2)19-30/h7,9-10,20-22,24-27,30H,6,8,11-19H2,1-5H3/t20?,21-,22?,24+,25-,26+,27+,28+,29-/m1/s1. The summed E-state index contributed by atoms with van der Waals surface area (Å²) in [6.07, 6.45) is 21.5. The molecular weight excluding hydrogens is 364 g/mol. The summed E-state index contributed by atoms with van der Waals surface area (Å²) in [5.41, 5.74) is 2.91. The predicted molar refractivity (Wildman–Crippen MR) is 128 cm³/mol. The van der Waals surface area contributed by atoms with Crippen molar-refractivity contribution in [2.75, 3.05) is 6.61 Å². The lowest BCUT2D eigenvalue weighted by Gasteiger charge is -2.58. The van der Waals surface area contributed by atoms with Crippen LogP contribution in [0.4, 0.5) is 0 Å². The van der Waals surface area contributed by atoms with Crippen LogP contribution in [0.3, 0.4) is 0 Å².